The summed E-state index contributed by atoms with van der Waals surface area (Å²) in [6.07, 6.45) is 0.260. The van der Waals surface area contributed by atoms with Gasteiger partial charge in [0.25, 0.3) is 0 Å². The van der Waals surface area contributed by atoms with E-state index < -0.39 is 12.1 Å². The summed E-state index contributed by atoms with van der Waals surface area (Å²) >= 11 is 5.84. The molecule has 1 aliphatic rings. The van der Waals surface area contributed by atoms with Crippen molar-refractivity contribution in [3.63, 3.8) is 0 Å². The lowest BCUT2D eigenvalue weighted by atomic mass is 10.0. The van der Waals surface area contributed by atoms with Crippen LogP contribution in [0, 0.1) is 5.92 Å². The normalized spacial score (nSPS) is 19.4. The zero-order chi connectivity index (χ0) is 15.6. The molecular weight excluding hydrogens is 296 g/mol. The van der Waals surface area contributed by atoms with E-state index in [9.17, 15) is 14.7 Å². The number of benzene rings is 1. The number of likely N-dealkylation sites (tertiary alicyclic amines) is 1. The Morgan fingerprint density at radius 3 is 2.76 bits per heavy atom. The summed E-state index contributed by atoms with van der Waals surface area (Å²) < 4.78 is 0. The van der Waals surface area contributed by atoms with E-state index in [4.69, 9.17) is 16.7 Å². The standard InChI is InChI=1S/C14H17ClN2O4/c1-8(18)9-4-5-17(7-9)14(21)16-12-6-10(15)2-3-11(12)13(19)20/h2-3,6,8-9,18H,4-5,7H2,1H3,(H,16,21)(H,19,20). The third-order valence-electron chi connectivity index (χ3n) is 3.65. The van der Waals surface area contributed by atoms with E-state index in [0.717, 1.165) is 6.42 Å². The second-order valence-corrected chi connectivity index (χ2v) is 5.60. The Balaban J connectivity index is 2.10. The van der Waals surface area contributed by atoms with Crippen LogP contribution in [-0.2, 0) is 0 Å². The van der Waals surface area contributed by atoms with Crippen molar-refractivity contribution in [2.24, 2.45) is 5.92 Å². The predicted octanol–water partition coefficient (Wildman–Crippen LogP) is 2.27. The van der Waals surface area contributed by atoms with Crippen molar-refractivity contribution < 1.29 is 19.8 Å². The van der Waals surface area contributed by atoms with Crippen LogP contribution in [0.2, 0.25) is 5.02 Å². The van der Waals surface area contributed by atoms with Crippen molar-refractivity contribution in [2.45, 2.75) is 19.4 Å². The molecule has 2 rings (SSSR count). The van der Waals surface area contributed by atoms with Crippen LogP contribution in [0.25, 0.3) is 0 Å². The fourth-order valence-corrected chi connectivity index (χ4v) is 2.54. The molecule has 0 radical (unpaired) electrons. The minimum atomic E-state index is -1.13. The fraction of sp³-hybridized carbons (Fsp3) is 0.429. The molecule has 1 fully saturated rings. The maximum Gasteiger partial charge on any atom is 0.337 e. The Bertz CT molecular complexity index is 562. The lowest BCUT2D eigenvalue weighted by Gasteiger charge is -2.19. The zero-order valence-corrected chi connectivity index (χ0v) is 12.3. The molecule has 0 bridgehead atoms. The molecule has 2 atom stereocenters. The number of urea groups is 1. The number of nitrogens with zero attached hydrogens (tertiary/aromatic N) is 1. The Hall–Kier alpha value is -1.79. The highest BCUT2D eigenvalue weighted by atomic mass is 35.5. The molecule has 114 valence electrons. The number of rotatable bonds is 3. The van der Waals surface area contributed by atoms with Crippen molar-refractivity contribution >= 4 is 29.3 Å². The predicted molar refractivity (Wildman–Crippen MR) is 78.8 cm³/mol. The van der Waals surface area contributed by atoms with Crippen molar-refractivity contribution in [3.05, 3.63) is 28.8 Å². The first-order chi connectivity index (χ1) is 9.88. The van der Waals surface area contributed by atoms with E-state index in [1.165, 1.54) is 18.2 Å². The number of carbonyl (C=O) groups is 2. The number of aliphatic hydroxyl groups excluding tert-OH is 1. The minimum Gasteiger partial charge on any atom is -0.478 e. The van der Waals surface area contributed by atoms with Gasteiger partial charge in [-0.2, -0.15) is 0 Å². The maximum atomic E-state index is 12.2. The number of hydrogen-bond acceptors (Lipinski definition) is 3. The van der Waals surface area contributed by atoms with Crippen molar-refractivity contribution in [1.29, 1.82) is 0 Å². The highest BCUT2D eigenvalue weighted by Gasteiger charge is 2.29. The number of nitrogens with one attached hydrogen (secondary N) is 1. The SMILES string of the molecule is CC(O)C1CCN(C(=O)Nc2cc(Cl)ccc2C(=O)O)C1. The second kappa shape index (κ2) is 6.32. The van der Waals surface area contributed by atoms with Gasteiger partial charge in [-0.05, 0) is 31.5 Å². The number of carboxylic acid groups (broad SMARTS) is 1. The lowest BCUT2D eigenvalue weighted by Crippen LogP contribution is -2.34. The van der Waals surface area contributed by atoms with Crippen LogP contribution >= 0.6 is 11.6 Å². The van der Waals surface area contributed by atoms with E-state index in [0.29, 0.717) is 18.1 Å². The third-order valence-corrected chi connectivity index (χ3v) is 3.88. The molecule has 3 N–H and O–H groups in total. The molecule has 1 aromatic carbocycles. The van der Waals surface area contributed by atoms with Gasteiger partial charge in [-0.15, -0.1) is 0 Å². The van der Waals surface area contributed by atoms with Gasteiger partial charge >= 0.3 is 12.0 Å². The van der Waals surface area contributed by atoms with Crippen LogP contribution in [0.4, 0.5) is 10.5 Å². The molecule has 2 amide bonds. The Labute approximate surface area is 127 Å². The number of carbonyl (C=O) groups excluding carboxylic acids is 1. The van der Waals surface area contributed by atoms with Crippen LogP contribution in [0.3, 0.4) is 0 Å². The van der Waals surface area contributed by atoms with E-state index in [1.807, 2.05) is 0 Å². The van der Waals surface area contributed by atoms with Crippen molar-refractivity contribution in [3.8, 4) is 0 Å². The van der Waals surface area contributed by atoms with Gasteiger partial charge in [-0.1, -0.05) is 11.6 Å². The van der Waals surface area contributed by atoms with Crippen LogP contribution in [0.5, 0.6) is 0 Å². The first-order valence-corrected chi connectivity index (χ1v) is 7.03. The molecule has 0 aliphatic carbocycles. The number of anilines is 1. The summed E-state index contributed by atoms with van der Waals surface area (Å²) in [4.78, 5) is 24.9. The van der Waals surface area contributed by atoms with E-state index in [1.54, 1.807) is 11.8 Å². The monoisotopic (exact) mass is 312 g/mol. The average molecular weight is 313 g/mol. The van der Waals surface area contributed by atoms with Crippen LogP contribution in [-0.4, -0.2) is 46.3 Å². The summed E-state index contributed by atoms with van der Waals surface area (Å²) in [5.41, 5.74) is 0.152. The second-order valence-electron chi connectivity index (χ2n) is 5.16. The molecular formula is C14H17ClN2O4. The molecule has 0 saturated carbocycles. The molecule has 6 nitrogen and oxygen atoms in total. The van der Waals surface area contributed by atoms with Gasteiger partial charge in [0.05, 0.1) is 17.4 Å². The number of aromatic carboxylic acids is 1. The quantitative estimate of drug-likeness (QED) is 0.798. The van der Waals surface area contributed by atoms with Crippen LogP contribution in [0.1, 0.15) is 23.7 Å². The highest BCUT2D eigenvalue weighted by Crippen LogP contribution is 2.24. The molecule has 1 saturated heterocycles. The number of aliphatic hydroxyl groups is 1. The zero-order valence-electron chi connectivity index (χ0n) is 11.5. The van der Waals surface area contributed by atoms with Gasteiger partial charge < -0.3 is 20.4 Å². The molecule has 2 unspecified atom stereocenters. The first-order valence-electron chi connectivity index (χ1n) is 6.65. The summed E-state index contributed by atoms with van der Waals surface area (Å²) in [5, 5.41) is 21.6. The van der Waals surface area contributed by atoms with Crippen LogP contribution in [0.15, 0.2) is 18.2 Å². The van der Waals surface area contributed by atoms with E-state index in [2.05, 4.69) is 5.32 Å². The number of hydrogen-bond donors (Lipinski definition) is 3. The lowest BCUT2D eigenvalue weighted by molar-refractivity contribution is 0.0698. The average Bonchev–Trinajstić information content (AvgIpc) is 2.88. The van der Waals surface area contributed by atoms with Gasteiger partial charge in [0.1, 0.15) is 0 Å². The van der Waals surface area contributed by atoms with Gasteiger partial charge in [-0.3, -0.25) is 0 Å². The van der Waals surface area contributed by atoms with E-state index in [-0.39, 0.29) is 23.2 Å². The maximum absolute atomic E-state index is 12.2. The number of carboxylic acids is 1. The number of amides is 2. The van der Waals surface area contributed by atoms with Crippen molar-refractivity contribution in [2.75, 3.05) is 18.4 Å². The van der Waals surface area contributed by atoms with E-state index >= 15 is 0 Å². The smallest absolute Gasteiger partial charge is 0.337 e. The summed E-state index contributed by atoms with van der Waals surface area (Å²) in [6.45, 7) is 2.68. The third kappa shape index (κ3) is 3.65. The molecule has 21 heavy (non-hydrogen) atoms. The number of halogens is 1. The first kappa shape index (κ1) is 15.6. The Morgan fingerprint density at radius 2 is 2.19 bits per heavy atom. The molecule has 7 heteroatoms. The molecule has 1 aromatic rings. The molecule has 1 aliphatic heterocycles. The summed E-state index contributed by atoms with van der Waals surface area (Å²) in [6, 6.07) is 3.83. The summed E-state index contributed by atoms with van der Waals surface area (Å²) in [5.74, 6) is -1.08. The van der Waals surface area contributed by atoms with Crippen molar-refractivity contribution in [1.82, 2.24) is 4.90 Å². The van der Waals surface area contributed by atoms with Gasteiger partial charge in [-0.25, -0.2) is 9.59 Å². The molecule has 0 spiro atoms. The molecule has 1 heterocycles. The van der Waals surface area contributed by atoms with Crippen LogP contribution < -0.4 is 5.32 Å². The largest absolute Gasteiger partial charge is 0.478 e. The highest BCUT2D eigenvalue weighted by molar-refractivity contribution is 6.31. The Kier molecular flexibility index (Phi) is 4.69. The summed E-state index contributed by atoms with van der Waals surface area (Å²) in [7, 11) is 0. The minimum absolute atomic E-state index is 0.0148. The fourth-order valence-electron chi connectivity index (χ4n) is 2.37. The topological polar surface area (TPSA) is 89.9 Å². The van der Waals surface area contributed by atoms with Gasteiger partial charge in [0.2, 0.25) is 0 Å². The van der Waals surface area contributed by atoms with Gasteiger partial charge in [0, 0.05) is 24.0 Å². The Morgan fingerprint density at radius 1 is 1.48 bits per heavy atom. The van der Waals surface area contributed by atoms with Gasteiger partial charge in [0.15, 0.2) is 0 Å². The molecule has 0 aromatic heterocycles.